The van der Waals surface area contributed by atoms with E-state index in [4.69, 9.17) is 5.11 Å². The molecule has 0 aliphatic carbocycles. The number of halogens is 2. The van der Waals surface area contributed by atoms with E-state index in [1.165, 1.54) is 19.9 Å². The molecule has 0 bridgehead atoms. The average molecular weight is 158 g/mol. The molecule has 0 saturated heterocycles. The zero-order valence-electron chi connectivity index (χ0n) is 6.28. The lowest BCUT2D eigenvalue weighted by Crippen LogP contribution is -1.90. The number of phenolic OH excluding ortho intramolecular Hbond substituents is 1. The molecular weight excluding hydrogens is 150 g/mol. The molecule has 0 unspecified atom stereocenters. The maximum absolute atomic E-state index is 12.7. The third-order valence-electron chi connectivity index (χ3n) is 1.54. The van der Waals surface area contributed by atoms with Gasteiger partial charge in [-0.2, -0.15) is 0 Å². The summed E-state index contributed by atoms with van der Waals surface area (Å²) in [6, 6.07) is 1.35. The third kappa shape index (κ3) is 1.18. The van der Waals surface area contributed by atoms with Crippen LogP contribution in [0.1, 0.15) is 11.1 Å². The molecule has 0 radical (unpaired) electrons. The van der Waals surface area contributed by atoms with Gasteiger partial charge in [-0.3, -0.25) is 0 Å². The Morgan fingerprint density at radius 1 is 1.09 bits per heavy atom. The number of benzene rings is 1. The Bertz CT molecular complexity index is 268. The minimum absolute atomic E-state index is 0.251. The molecule has 0 heterocycles. The molecule has 0 amide bonds. The number of rotatable bonds is 0. The van der Waals surface area contributed by atoms with Gasteiger partial charge in [0, 0.05) is 0 Å². The zero-order valence-corrected chi connectivity index (χ0v) is 6.28. The van der Waals surface area contributed by atoms with Crippen LogP contribution in [0, 0.1) is 25.5 Å². The smallest absolute Gasteiger partial charge is 0.188 e. The predicted molar refractivity (Wildman–Crippen MR) is 37.5 cm³/mol. The van der Waals surface area contributed by atoms with E-state index in [1.807, 2.05) is 0 Å². The number of aromatic hydroxyl groups is 1. The molecule has 0 atom stereocenters. The summed E-state index contributed by atoms with van der Waals surface area (Å²) in [6.45, 7) is 2.95. The van der Waals surface area contributed by atoms with Gasteiger partial charge in [-0.1, -0.05) is 6.07 Å². The van der Waals surface area contributed by atoms with Crippen molar-refractivity contribution < 1.29 is 13.9 Å². The highest BCUT2D eigenvalue weighted by atomic mass is 19.1. The fourth-order valence-corrected chi connectivity index (χ4v) is 0.921. The minimum Gasteiger partial charge on any atom is -0.503 e. The molecule has 0 aliphatic rings. The molecule has 1 N–H and O–H groups in total. The monoisotopic (exact) mass is 158 g/mol. The van der Waals surface area contributed by atoms with Crippen LogP contribution in [0.15, 0.2) is 6.07 Å². The van der Waals surface area contributed by atoms with Crippen molar-refractivity contribution in [2.24, 2.45) is 0 Å². The molecule has 1 aromatic carbocycles. The molecule has 3 heteroatoms. The highest BCUT2D eigenvalue weighted by molar-refractivity contribution is 5.35. The van der Waals surface area contributed by atoms with Crippen molar-refractivity contribution in [3.05, 3.63) is 28.8 Å². The molecule has 0 saturated carbocycles. The summed E-state index contributed by atoms with van der Waals surface area (Å²) in [5.41, 5.74) is 0.503. The zero-order chi connectivity index (χ0) is 8.59. The van der Waals surface area contributed by atoms with E-state index in [2.05, 4.69) is 0 Å². The van der Waals surface area contributed by atoms with Gasteiger partial charge >= 0.3 is 0 Å². The largest absolute Gasteiger partial charge is 0.503 e. The van der Waals surface area contributed by atoms with Gasteiger partial charge in [-0.15, -0.1) is 0 Å². The maximum Gasteiger partial charge on any atom is 0.188 e. The summed E-state index contributed by atoms with van der Waals surface area (Å²) in [7, 11) is 0. The van der Waals surface area contributed by atoms with Crippen LogP contribution in [0.5, 0.6) is 5.75 Å². The second-order valence-electron chi connectivity index (χ2n) is 2.49. The number of aryl methyl sites for hydroxylation is 2. The highest BCUT2D eigenvalue weighted by Crippen LogP contribution is 2.25. The quantitative estimate of drug-likeness (QED) is 0.614. The molecule has 1 rings (SSSR count). The van der Waals surface area contributed by atoms with Gasteiger partial charge in [0.1, 0.15) is 0 Å². The number of hydrogen-bond donors (Lipinski definition) is 1. The molecule has 0 aliphatic heterocycles. The topological polar surface area (TPSA) is 20.2 Å². The molecule has 11 heavy (non-hydrogen) atoms. The fourth-order valence-electron chi connectivity index (χ4n) is 0.921. The molecule has 1 nitrogen and oxygen atoms in total. The van der Waals surface area contributed by atoms with Gasteiger partial charge in [-0.25, -0.2) is 8.78 Å². The van der Waals surface area contributed by atoms with Crippen LogP contribution in [0.2, 0.25) is 0 Å². The lowest BCUT2D eigenvalue weighted by Gasteiger charge is -2.03. The van der Waals surface area contributed by atoms with Crippen LogP contribution in [0.4, 0.5) is 8.78 Å². The lowest BCUT2D eigenvalue weighted by molar-refractivity contribution is 0.392. The summed E-state index contributed by atoms with van der Waals surface area (Å²) in [4.78, 5) is 0. The summed E-state index contributed by atoms with van der Waals surface area (Å²) < 4.78 is 25.4. The van der Waals surface area contributed by atoms with Crippen molar-refractivity contribution in [3.8, 4) is 5.75 Å². The molecule has 60 valence electrons. The maximum atomic E-state index is 12.7. The molecule has 0 spiro atoms. The Labute approximate surface area is 63.3 Å². The van der Waals surface area contributed by atoms with E-state index in [0.717, 1.165) is 0 Å². The SMILES string of the molecule is Cc1cc(C)c(F)c(O)c1F. The van der Waals surface area contributed by atoms with Crippen molar-refractivity contribution in [2.75, 3.05) is 0 Å². The van der Waals surface area contributed by atoms with Crippen molar-refractivity contribution in [3.63, 3.8) is 0 Å². The summed E-state index contributed by atoms with van der Waals surface area (Å²) in [5, 5.41) is 8.82. The Kier molecular flexibility index (Phi) is 1.81. The summed E-state index contributed by atoms with van der Waals surface area (Å²) >= 11 is 0. The standard InChI is InChI=1S/C8H8F2O/c1-4-3-5(2)7(10)8(11)6(4)9/h3,11H,1-2H3. The van der Waals surface area contributed by atoms with E-state index in [9.17, 15) is 8.78 Å². The Balaban J connectivity index is 3.46. The van der Waals surface area contributed by atoms with Gasteiger partial charge in [-0.05, 0) is 25.0 Å². The lowest BCUT2D eigenvalue weighted by atomic mass is 10.1. The number of hydrogen-bond acceptors (Lipinski definition) is 1. The van der Waals surface area contributed by atoms with Gasteiger partial charge in [0.2, 0.25) is 0 Å². The third-order valence-corrected chi connectivity index (χ3v) is 1.54. The highest BCUT2D eigenvalue weighted by Gasteiger charge is 2.12. The molecule has 1 aromatic rings. The van der Waals surface area contributed by atoms with Crippen molar-refractivity contribution in [2.45, 2.75) is 13.8 Å². The van der Waals surface area contributed by atoms with Gasteiger partial charge in [0.25, 0.3) is 0 Å². The first-order valence-corrected chi connectivity index (χ1v) is 3.18. The van der Waals surface area contributed by atoms with E-state index >= 15 is 0 Å². The Morgan fingerprint density at radius 2 is 1.45 bits per heavy atom. The second kappa shape index (κ2) is 2.49. The summed E-state index contributed by atoms with van der Waals surface area (Å²) in [5.74, 6) is -2.65. The van der Waals surface area contributed by atoms with E-state index in [-0.39, 0.29) is 11.1 Å². The van der Waals surface area contributed by atoms with Gasteiger partial charge in [0.05, 0.1) is 0 Å². The molecule has 0 fully saturated rings. The average Bonchev–Trinajstić information content (AvgIpc) is 1.97. The van der Waals surface area contributed by atoms with Gasteiger partial charge in [0.15, 0.2) is 17.4 Å². The van der Waals surface area contributed by atoms with Crippen LogP contribution in [0.3, 0.4) is 0 Å². The fraction of sp³-hybridized carbons (Fsp3) is 0.250. The summed E-state index contributed by atoms with van der Waals surface area (Å²) in [6.07, 6.45) is 0. The van der Waals surface area contributed by atoms with Crippen LogP contribution in [-0.2, 0) is 0 Å². The van der Waals surface area contributed by atoms with Crippen LogP contribution < -0.4 is 0 Å². The number of phenols is 1. The normalized spacial score (nSPS) is 10.2. The molecule has 0 aromatic heterocycles. The van der Waals surface area contributed by atoms with Crippen LogP contribution >= 0.6 is 0 Å². The van der Waals surface area contributed by atoms with Crippen LogP contribution in [0.25, 0.3) is 0 Å². The van der Waals surface area contributed by atoms with E-state index in [1.54, 1.807) is 0 Å². The van der Waals surface area contributed by atoms with Crippen LogP contribution in [-0.4, -0.2) is 5.11 Å². The minimum atomic E-state index is -0.887. The first-order valence-electron chi connectivity index (χ1n) is 3.18. The Morgan fingerprint density at radius 3 is 1.82 bits per heavy atom. The first-order chi connectivity index (χ1) is 5.04. The van der Waals surface area contributed by atoms with Crippen molar-refractivity contribution in [1.29, 1.82) is 0 Å². The Hall–Kier alpha value is -1.12. The van der Waals surface area contributed by atoms with Crippen molar-refractivity contribution in [1.82, 2.24) is 0 Å². The van der Waals surface area contributed by atoms with Crippen molar-refractivity contribution >= 4 is 0 Å². The van der Waals surface area contributed by atoms with Gasteiger partial charge < -0.3 is 5.11 Å². The van der Waals surface area contributed by atoms with E-state index in [0.29, 0.717) is 0 Å². The molecular formula is C8H8F2O. The van der Waals surface area contributed by atoms with E-state index < -0.39 is 17.4 Å². The first kappa shape index (κ1) is 7.98. The second-order valence-corrected chi connectivity index (χ2v) is 2.49. The predicted octanol–water partition coefficient (Wildman–Crippen LogP) is 2.29.